The average molecular weight is 609 g/mol. The molecule has 0 amide bonds. The van der Waals surface area contributed by atoms with E-state index in [0.717, 1.165) is 0 Å². The van der Waals surface area contributed by atoms with E-state index in [-0.39, 0.29) is 0 Å². The summed E-state index contributed by atoms with van der Waals surface area (Å²) in [6, 6.07) is 70.7. The largest absolute Gasteiger partial charge is 0.0622 e. The minimum Gasteiger partial charge on any atom is -0.0622 e. The summed E-state index contributed by atoms with van der Waals surface area (Å²) in [5.41, 5.74) is 12.5. The molecule has 0 saturated carbocycles. The maximum atomic E-state index is 2.37. The van der Waals surface area contributed by atoms with Gasteiger partial charge in [0.2, 0.25) is 0 Å². The molecule has 0 radical (unpaired) electrons. The van der Waals surface area contributed by atoms with Gasteiger partial charge in [-0.1, -0.05) is 176 Å². The minimum atomic E-state index is 1.23. The van der Waals surface area contributed by atoms with E-state index in [0.29, 0.717) is 0 Å². The molecule has 9 aromatic carbocycles. The molecule has 0 heteroatoms. The molecular weight excluding hydrogens is 577 g/mol. The molecule has 9 aromatic rings. The highest BCUT2D eigenvalue weighted by Crippen LogP contribution is 2.45. The van der Waals surface area contributed by atoms with Crippen LogP contribution in [0.4, 0.5) is 0 Å². The molecule has 0 aromatic heterocycles. The van der Waals surface area contributed by atoms with Crippen LogP contribution in [0.15, 0.2) is 194 Å². The molecule has 9 rings (SSSR count). The molecule has 0 atom stereocenters. The Balaban J connectivity index is 1.21. The van der Waals surface area contributed by atoms with E-state index in [1.807, 2.05) is 0 Å². The van der Waals surface area contributed by atoms with Crippen molar-refractivity contribution >= 4 is 32.3 Å². The molecule has 0 fully saturated rings. The summed E-state index contributed by atoms with van der Waals surface area (Å²) >= 11 is 0. The van der Waals surface area contributed by atoms with Crippen LogP contribution < -0.4 is 0 Å². The number of hydrogen-bond donors (Lipinski definition) is 0. The zero-order valence-corrected chi connectivity index (χ0v) is 26.5. The molecule has 224 valence electrons. The van der Waals surface area contributed by atoms with Crippen LogP contribution in [0.5, 0.6) is 0 Å². The molecule has 0 spiro atoms. The third kappa shape index (κ3) is 4.87. The lowest BCUT2D eigenvalue weighted by Gasteiger charge is -2.18. The van der Waals surface area contributed by atoms with E-state index < -0.39 is 0 Å². The summed E-state index contributed by atoms with van der Waals surface area (Å²) in [4.78, 5) is 0. The normalized spacial score (nSPS) is 11.3. The molecule has 0 bridgehead atoms. The summed E-state index contributed by atoms with van der Waals surface area (Å²) in [6.45, 7) is 0. The van der Waals surface area contributed by atoms with Gasteiger partial charge in [-0.2, -0.15) is 0 Å². The smallest absolute Gasteiger partial charge is 0.00262 e. The Hall–Kier alpha value is -6.24. The molecule has 0 aliphatic carbocycles. The standard InChI is InChI=1S/C48H32/c1-3-14-33(15-4-1)35-18-13-19-39(31-35)47-43-22-9-11-24-45(43)48(46-25-12-10-23-44(46)47)40-29-27-36-30-38(28-26-37(36)32-40)42-21-8-7-20-41(42)34-16-5-2-6-17-34/h1-32H. The van der Waals surface area contributed by atoms with Crippen molar-refractivity contribution in [1.29, 1.82) is 0 Å². The molecule has 48 heavy (non-hydrogen) atoms. The van der Waals surface area contributed by atoms with E-state index in [9.17, 15) is 0 Å². The first-order valence-electron chi connectivity index (χ1n) is 16.6. The molecule has 0 aliphatic rings. The van der Waals surface area contributed by atoms with Crippen molar-refractivity contribution in [3.05, 3.63) is 194 Å². The molecule has 0 nitrogen and oxygen atoms in total. The molecule has 0 unspecified atom stereocenters. The number of fused-ring (bicyclic) bond motifs is 3. The lowest BCUT2D eigenvalue weighted by Crippen LogP contribution is -1.91. The molecule has 0 saturated heterocycles. The quantitative estimate of drug-likeness (QED) is 0.171. The van der Waals surface area contributed by atoms with E-state index >= 15 is 0 Å². The molecular formula is C48H32. The van der Waals surface area contributed by atoms with Crippen molar-refractivity contribution in [2.24, 2.45) is 0 Å². The van der Waals surface area contributed by atoms with Crippen molar-refractivity contribution < 1.29 is 0 Å². The second kappa shape index (κ2) is 11.8. The summed E-state index contributed by atoms with van der Waals surface area (Å²) in [6.07, 6.45) is 0. The number of hydrogen-bond acceptors (Lipinski definition) is 0. The topological polar surface area (TPSA) is 0 Å². The predicted octanol–water partition coefficient (Wildman–Crippen LogP) is 13.5. The van der Waals surface area contributed by atoms with Crippen LogP contribution in [0, 0.1) is 0 Å². The Bertz CT molecular complexity index is 2540. The van der Waals surface area contributed by atoms with Crippen molar-refractivity contribution in [2.45, 2.75) is 0 Å². The highest BCUT2D eigenvalue weighted by Gasteiger charge is 2.17. The second-order valence-electron chi connectivity index (χ2n) is 12.5. The van der Waals surface area contributed by atoms with Crippen LogP contribution in [0.2, 0.25) is 0 Å². The molecule has 0 heterocycles. The van der Waals surface area contributed by atoms with Gasteiger partial charge >= 0.3 is 0 Å². The zero-order chi connectivity index (χ0) is 31.9. The highest BCUT2D eigenvalue weighted by atomic mass is 14.2. The maximum absolute atomic E-state index is 2.37. The van der Waals surface area contributed by atoms with Crippen molar-refractivity contribution in [3.8, 4) is 55.6 Å². The van der Waals surface area contributed by atoms with Crippen LogP contribution in [0.1, 0.15) is 0 Å². The fourth-order valence-electron chi connectivity index (χ4n) is 7.41. The zero-order valence-electron chi connectivity index (χ0n) is 26.5. The predicted molar refractivity (Wildman–Crippen MR) is 206 cm³/mol. The van der Waals surface area contributed by atoms with E-state index in [2.05, 4.69) is 194 Å². The van der Waals surface area contributed by atoms with E-state index in [1.54, 1.807) is 0 Å². The first kappa shape index (κ1) is 28.0. The Kier molecular flexibility index (Phi) is 6.91. The Morgan fingerprint density at radius 2 is 0.604 bits per heavy atom. The van der Waals surface area contributed by atoms with Crippen molar-refractivity contribution in [3.63, 3.8) is 0 Å². The van der Waals surface area contributed by atoms with Gasteiger partial charge in [0.05, 0.1) is 0 Å². The van der Waals surface area contributed by atoms with Gasteiger partial charge in [-0.05, 0) is 106 Å². The molecule has 0 aliphatic heterocycles. The van der Waals surface area contributed by atoms with Crippen LogP contribution in [-0.4, -0.2) is 0 Å². The van der Waals surface area contributed by atoms with Gasteiger partial charge in [0.25, 0.3) is 0 Å². The monoisotopic (exact) mass is 608 g/mol. The third-order valence-corrected chi connectivity index (χ3v) is 9.64. The SMILES string of the molecule is c1ccc(-c2cccc(-c3c4ccccc4c(-c4ccc5cc(-c6ccccc6-c6ccccc6)ccc5c4)c4ccccc34)c2)cc1. The van der Waals surface area contributed by atoms with Crippen molar-refractivity contribution in [2.75, 3.05) is 0 Å². The summed E-state index contributed by atoms with van der Waals surface area (Å²) in [7, 11) is 0. The summed E-state index contributed by atoms with van der Waals surface area (Å²) in [5.74, 6) is 0. The molecule has 0 N–H and O–H groups in total. The van der Waals surface area contributed by atoms with Gasteiger partial charge in [0.15, 0.2) is 0 Å². The van der Waals surface area contributed by atoms with Crippen LogP contribution in [0.3, 0.4) is 0 Å². The van der Waals surface area contributed by atoms with Crippen LogP contribution >= 0.6 is 0 Å². The third-order valence-electron chi connectivity index (χ3n) is 9.64. The fraction of sp³-hybridized carbons (Fsp3) is 0. The van der Waals surface area contributed by atoms with Crippen LogP contribution in [-0.2, 0) is 0 Å². The van der Waals surface area contributed by atoms with Gasteiger partial charge in [-0.3, -0.25) is 0 Å². The fourth-order valence-corrected chi connectivity index (χ4v) is 7.41. The van der Waals surface area contributed by atoms with Gasteiger partial charge in [0.1, 0.15) is 0 Å². The van der Waals surface area contributed by atoms with E-state index in [4.69, 9.17) is 0 Å². The van der Waals surface area contributed by atoms with Crippen LogP contribution in [0.25, 0.3) is 88.0 Å². The Morgan fingerprint density at radius 1 is 0.208 bits per heavy atom. The second-order valence-corrected chi connectivity index (χ2v) is 12.5. The summed E-state index contributed by atoms with van der Waals surface area (Å²) < 4.78 is 0. The van der Waals surface area contributed by atoms with Gasteiger partial charge in [-0.25, -0.2) is 0 Å². The van der Waals surface area contributed by atoms with E-state index in [1.165, 1.54) is 88.0 Å². The maximum Gasteiger partial charge on any atom is -0.00262 e. The minimum absolute atomic E-state index is 1.23. The Labute approximate surface area is 281 Å². The lowest BCUT2D eigenvalue weighted by molar-refractivity contribution is 1.59. The number of rotatable bonds is 5. The lowest BCUT2D eigenvalue weighted by atomic mass is 9.85. The first-order valence-corrected chi connectivity index (χ1v) is 16.6. The average Bonchev–Trinajstić information content (AvgIpc) is 3.17. The first-order chi connectivity index (χ1) is 23.8. The van der Waals surface area contributed by atoms with Gasteiger partial charge in [0, 0.05) is 0 Å². The van der Waals surface area contributed by atoms with Gasteiger partial charge < -0.3 is 0 Å². The van der Waals surface area contributed by atoms with Crippen molar-refractivity contribution in [1.82, 2.24) is 0 Å². The summed E-state index contributed by atoms with van der Waals surface area (Å²) in [5, 5.41) is 7.55. The highest BCUT2D eigenvalue weighted by molar-refractivity contribution is 6.21. The van der Waals surface area contributed by atoms with Gasteiger partial charge in [-0.15, -0.1) is 0 Å². The Morgan fingerprint density at radius 3 is 1.19 bits per heavy atom. The number of benzene rings is 9.